The lowest BCUT2D eigenvalue weighted by Crippen LogP contribution is -2.17. The molecule has 0 radical (unpaired) electrons. The number of hydrazone groups is 1. The largest absolute Gasteiger partial charge is 0.396 e. The van der Waals surface area contributed by atoms with E-state index in [1.165, 1.54) is 0 Å². The zero-order valence-corrected chi connectivity index (χ0v) is 7.59. The van der Waals surface area contributed by atoms with E-state index in [1.54, 1.807) is 0 Å². The molecule has 0 spiro atoms. The first-order chi connectivity index (χ1) is 5.16. The molecule has 0 fully saturated rings. The molecule has 11 heavy (non-hydrogen) atoms. The monoisotopic (exact) mass is 158 g/mol. The molecule has 3 heteroatoms. The lowest BCUT2D eigenvalue weighted by Gasteiger charge is -2.04. The second-order valence-corrected chi connectivity index (χ2v) is 2.96. The predicted molar refractivity (Wildman–Crippen MR) is 47.7 cm³/mol. The van der Waals surface area contributed by atoms with E-state index < -0.39 is 0 Å². The minimum absolute atomic E-state index is 0.245. The molecule has 0 aliphatic heterocycles. The molecule has 0 aromatic rings. The third-order valence-corrected chi connectivity index (χ3v) is 1.21. The Morgan fingerprint density at radius 2 is 2.18 bits per heavy atom. The van der Waals surface area contributed by atoms with Crippen LogP contribution in [0.5, 0.6) is 0 Å². The summed E-state index contributed by atoms with van der Waals surface area (Å²) in [6, 6.07) is 0.388. The minimum Gasteiger partial charge on any atom is -0.396 e. The molecule has 0 bridgehead atoms. The topological polar surface area (TPSA) is 44.6 Å². The van der Waals surface area contributed by atoms with Crippen molar-refractivity contribution in [2.45, 2.75) is 39.7 Å². The fourth-order valence-electron chi connectivity index (χ4n) is 0.630. The van der Waals surface area contributed by atoms with Crippen LogP contribution in [0, 0.1) is 0 Å². The van der Waals surface area contributed by atoms with Gasteiger partial charge in [0.1, 0.15) is 0 Å². The van der Waals surface area contributed by atoms with Crippen LogP contribution in [-0.2, 0) is 0 Å². The number of nitrogens with zero attached hydrogens (tertiary/aromatic N) is 1. The van der Waals surface area contributed by atoms with Gasteiger partial charge in [0.05, 0.1) is 0 Å². The molecule has 0 saturated heterocycles. The van der Waals surface area contributed by atoms with Crippen molar-refractivity contribution in [1.29, 1.82) is 0 Å². The fourth-order valence-corrected chi connectivity index (χ4v) is 0.630. The summed E-state index contributed by atoms with van der Waals surface area (Å²) in [4.78, 5) is 0. The van der Waals surface area contributed by atoms with Crippen molar-refractivity contribution in [3.05, 3.63) is 0 Å². The highest BCUT2D eigenvalue weighted by Crippen LogP contribution is 1.90. The molecule has 3 nitrogen and oxygen atoms in total. The Balaban J connectivity index is 3.46. The van der Waals surface area contributed by atoms with Gasteiger partial charge in [-0.1, -0.05) is 0 Å². The molecule has 2 N–H and O–H groups in total. The third kappa shape index (κ3) is 7.33. The second-order valence-electron chi connectivity index (χ2n) is 2.96. The van der Waals surface area contributed by atoms with E-state index in [9.17, 15) is 0 Å². The van der Waals surface area contributed by atoms with Gasteiger partial charge in [0, 0.05) is 18.4 Å². The van der Waals surface area contributed by atoms with Gasteiger partial charge in [0.15, 0.2) is 0 Å². The van der Waals surface area contributed by atoms with Crippen molar-refractivity contribution >= 4 is 5.71 Å². The number of aliphatic hydroxyl groups excluding tert-OH is 1. The molecule has 0 aromatic heterocycles. The van der Waals surface area contributed by atoms with Crippen molar-refractivity contribution in [3.63, 3.8) is 0 Å². The second kappa shape index (κ2) is 6.16. The molecule has 0 rings (SSSR count). The molecule has 0 aromatic carbocycles. The van der Waals surface area contributed by atoms with Crippen LogP contribution in [0.15, 0.2) is 5.10 Å². The maximum absolute atomic E-state index is 8.52. The van der Waals surface area contributed by atoms with Gasteiger partial charge in [-0.2, -0.15) is 5.10 Å². The van der Waals surface area contributed by atoms with Crippen molar-refractivity contribution in [2.75, 3.05) is 6.61 Å². The van der Waals surface area contributed by atoms with Gasteiger partial charge in [0.25, 0.3) is 0 Å². The molecule has 0 amide bonds. The lowest BCUT2D eigenvalue weighted by molar-refractivity contribution is 0.291. The summed E-state index contributed by atoms with van der Waals surface area (Å²) in [6.45, 7) is 6.30. The minimum atomic E-state index is 0.245. The Bertz CT molecular complexity index is 121. The van der Waals surface area contributed by atoms with E-state index in [4.69, 9.17) is 5.11 Å². The fraction of sp³-hybridized carbons (Fsp3) is 0.875. The van der Waals surface area contributed by atoms with Gasteiger partial charge in [-0.05, 0) is 33.6 Å². The van der Waals surface area contributed by atoms with Crippen molar-refractivity contribution in [1.82, 2.24) is 5.43 Å². The summed E-state index contributed by atoms with van der Waals surface area (Å²) in [5.41, 5.74) is 4.01. The van der Waals surface area contributed by atoms with Crippen molar-refractivity contribution in [2.24, 2.45) is 5.10 Å². The molecule has 0 aliphatic rings. The highest BCUT2D eigenvalue weighted by atomic mass is 16.2. The van der Waals surface area contributed by atoms with Crippen LogP contribution >= 0.6 is 0 Å². The van der Waals surface area contributed by atoms with Crippen LogP contribution in [0.4, 0.5) is 0 Å². The quantitative estimate of drug-likeness (QED) is 0.465. The Hall–Kier alpha value is -0.570. The molecule has 0 aliphatic carbocycles. The normalized spacial score (nSPS) is 12.3. The molecular formula is C8H18N2O. The van der Waals surface area contributed by atoms with Crippen LogP contribution in [0.25, 0.3) is 0 Å². The Kier molecular flexibility index (Phi) is 5.84. The number of hydrogen-bond donors (Lipinski definition) is 2. The maximum atomic E-state index is 8.52. The molecule has 0 saturated carbocycles. The van der Waals surface area contributed by atoms with E-state index in [2.05, 4.69) is 10.5 Å². The van der Waals surface area contributed by atoms with E-state index in [-0.39, 0.29) is 6.61 Å². The number of rotatable bonds is 5. The highest BCUT2D eigenvalue weighted by molar-refractivity contribution is 5.81. The summed E-state index contributed by atoms with van der Waals surface area (Å²) < 4.78 is 0. The Morgan fingerprint density at radius 3 is 2.64 bits per heavy atom. The van der Waals surface area contributed by atoms with Crippen LogP contribution in [0.3, 0.4) is 0 Å². The molecule has 0 heterocycles. The van der Waals surface area contributed by atoms with Crippen molar-refractivity contribution < 1.29 is 5.11 Å². The van der Waals surface area contributed by atoms with Gasteiger partial charge >= 0.3 is 0 Å². The smallest absolute Gasteiger partial charge is 0.0434 e. The summed E-state index contributed by atoms with van der Waals surface area (Å²) in [5.74, 6) is 0. The Labute approximate surface area is 68.5 Å². The van der Waals surface area contributed by atoms with Gasteiger partial charge < -0.3 is 10.5 Å². The predicted octanol–water partition coefficient (Wildman–Crippen LogP) is 1.13. The molecule has 66 valence electrons. The van der Waals surface area contributed by atoms with Gasteiger partial charge in [0.2, 0.25) is 0 Å². The number of hydrogen-bond acceptors (Lipinski definition) is 3. The van der Waals surface area contributed by atoms with Crippen LogP contribution in [-0.4, -0.2) is 23.5 Å². The standard InChI is InChI=1S/C8H18N2O/c1-7(2)9-10-8(3)5-4-6-11/h7,9,11H,4-6H2,1-3H3/b10-8+. The van der Waals surface area contributed by atoms with Gasteiger partial charge in [-0.3, -0.25) is 0 Å². The zero-order valence-electron chi connectivity index (χ0n) is 7.59. The molecule has 0 unspecified atom stereocenters. The Morgan fingerprint density at radius 1 is 1.55 bits per heavy atom. The maximum Gasteiger partial charge on any atom is 0.0434 e. The SMILES string of the molecule is C/C(CCCO)=N\NC(C)C. The average Bonchev–Trinajstić information content (AvgIpc) is 1.97. The van der Waals surface area contributed by atoms with E-state index in [0.29, 0.717) is 6.04 Å². The average molecular weight is 158 g/mol. The summed E-state index contributed by atoms with van der Waals surface area (Å²) in [5, 5.41) is 12.6. The van der Waals surface area contributed by atoms with Crippen molar-refractivity contribution in [3.8, 4) is 0 Å². The van der Waals surface area contributed by atoms with E-state index in [1.807, 2.05) is 20.8 Å². The van der Waals surface area contributed by atoms with Gasteiger partial charge in [-0.25, -0.2) is 0 Å². The highest BCUT2D eigenvalue weighted by Gasteiger charge is 1.91. The van der Waals surface area contributed by atoms with Gasteiger partial charge in [-0.15, -0.1) is 0 Å². The lowest BCUT2D eigenvalue weighted by atomic mass is 10.2. The van der Waals surface area contributed by atoms with E-state index in [0.717, 1.165) is 18.6 Å². The zero-order chi connectivity index (χ0) is 8.69. The number of nitrogens with one attached hydrogen (secondary N) is 1. The van der Waals surface area contributed by atoms with Crippen LogP contribution < -0.4 is 5.43 Å². The van der Waals surface area contributed by atoms with Crippen LogP contribution in [0.2, 0.25) is 0 Å². The first-order valence-electron chi connectivity index (χ1n) is 4.06. The first kappa shape index (κ1) is 10.4. The van der Waals surface area contributed by atoms with E-state index >= 15 is 0 Å². The van der Waals surface area contributed by atoms with Crippen LogP contribution in [0.1, 0.15) is 33.6 Å². The summed E-state index contributed by atoms with van der Waals surface area (Å²) in [7, 11) is 0. The molecule has 0 atom stereocenters. The first-order valence-corrected chi connectivity index (χ1v) is 4.06. The summed E-state index contributed by atoms with van der Waals surface area (Å²) in [6.07, 6.45) is 1.67. The summed E-state index contributed by atoms with van der Waals surface area (Å²) >= 11 is 0. The third-order valence-electron chi connectivity index (χ3n) is 1.21. The molecular weight excluding hydrogens is 140 g/mol. The number of aliphatic hydroxyl groups is 1.